The molecule has 25 heavy (non-hydrogen) atoms. The maximum atomic E-state index is 8.90. The summed E-state index contributed by atoms with van der Waals surface area (Å²) in [6.45, 7) is 0. The number of ether oxygens (including phenoxy) is 1. The van der Waals surface area contributed by atoms with Crippen molar-refractivity contribution in [3.63, 3.8) is 0 Å². The molecular formula is C18H13N5OS. The van der Waals surface area contributed by atoms with E-state index in [4.69, 9.17) is 15.0 Å². The van der Waals surface area contributed by atoms with Gasteiger partial charge in [-0.15, -0.1) is 5.10 Å². The Morgan fingerprint density at radius 3 is 2.76 bits per heavy atom. The Kier molecular flexibility index (Phi) is 3.96. The van der Waals surface area contributed by atoms with Crippen molar-refractivity contribution >= 4 is 28.3 Å². The highest BCUT2D eigenvalue weighted by molar-refractivity contribution is 7.99. The molecule has 7 heteroatoms. The lowest BCUT2D eigenvalue weighted by Crippen LogP contribution is -1.98. The highest BCUT2D eigenvalue weighted by Gasteiger charge is 2.16. The third-order valence-corrected chi connectivity index (χ3v) is 4.56. The lowest BCUT2D eigenvalue weighted by molar-refractivity contribution is 0.416. The van der Waals surface area contributed by atoms with Crippen LogP contribution >= 0.6 is 11.8 Å². The van der Waals surface area contributed by atoms with E-state index in [9.17, 15) is 0 Å². The van der Waals surface area contributed by atoms with Gasteiger partial charge in [0.1, 0.15) is 5.75 Å². The Balaban J connectivity index is 2.00. The summed E-state index contributed by atoms with van der Waals surface area (Å²) in [5.41, 5.74) is 2.36. The third kappa shape index (κ3) is 2.66. The summed E-state index contributed by atoms with van der Waals surface area (Å²) in [4.78, 5) is 9.36. The van der Waals surface area contributed by atoms with Gasteiger partial charge in [-0.3, -0.25) is 0 Å². The monoisotopic (exact) mass is 347 g/mol. The van der Waals surface area contributed by atoms with Crippen LogP contribution in [0.1, 0.15) is 0 Å². The van der Waals surface area contributed by atoms with Gasteiger partial charge >= 0.3 is 0 Å². The van der Waals surface area contributed by atoms with Crippen LogP contribution in [0.25, 0.3) is 27.9 Å². The van der Waals surface area contributed by atoms with Crippen molar-refractivity contribution in [3.8, 4) is 23.2 Å². The lowest BCUT2D eigenvalue weighted by atomic mass is 10.2. The molecule has 0 atom stereocenters. The fourth-order valence-corrected chi connectivity index (χ4v) is 3.27. The lowest BCUT2D eigenvalue weighted by Gasteiger charge is -2.04. The zero-order valence-electron chi connectivity index (χ0n) is 13.4. The van der Waals surface area contributed by atoms with Crippen LogP contribution < -0.4 is 4.74 Å². The molecular weight excluding hydrogens is 334 g/mol. The van der Waals surface area contributed by atoms with Crippen LogP contribution in [-0.4, -0.2) is 32.4 Å². The van der Waals surface area contributed by atoms with Crippen LogP contribution in [0.2, 0.25) is 0 Å². The Labute approximate surface area is 148 Å². The standard InChI is InChI=1S/C18H13N5OS/c1-24-15-9-5-3-7-13(15)16-21-17-12-6-2-4-8-14(12)20-18(23(17)22-16)25-11-10-19/h2-9H,11H2,1H3. The molecule has 0 spiro atoms. The molecule has 0 saturated carbocycles. The number of fused-ring (bicyclic) bond motifs is 3. The molecule has 0 aliphatic rings. The molecule has 0 N–H and O–H groups in total. The molecule has 6 nitrogen and oxygen atoms in total. The van der Waals surface area contributed by atoms with Crippen molar-refractivity contribution in [1.82, 2.24) is 19.6 Å². The van der Waals surface area contributed by atoms with E-state index in [0.29, 0.717) is 28.1 Å². The molecule has 4 rings (SSSR count). The number of hydrogen-bond acceptors (Lipinski definition) is 6. The van der Waals surface area contributed by atoms with Crippen LogP contribution in [-0.2, 0) is 0 Å². The zero-order valence-corrected chi connectivity index (χ0v) is 14.2. The summed E-state index contributed by atoms with van der Waals surface area (Å²) in [6.07, 6.45) is 0. The van der Waals surface area contributed by atoms with Crippen molar-refractivity contribution in [2.45, 2.75) is 5.16 Å². The van der Waals surface area contributed by atoms with Crippen molar-refractivity contribution in [2.75, 3.05) is 12.9 Å². The van der Waals surface area contributed by atoms with Gasteiger partial charge < -0.3 is 4.74 Å². The summed E-state index contributed by atoms with van der Waals surface area (Å²) < 4.78 is 7.13. The second-order valence-electron chi connectivity index (χ2n) is 5.23. The van der Waals surface area contributed by atoms with E-state index in [1.165, 1.54) is 11.8 Å². The van der Waals surface area contributed by atoms with Crippen molar-refractivity contribution in [2.24, 2.45) is 0 Å². The molecule has 0 bridgehead atoms. The Bertz CT molecular complexity index is 1120. The van der Waals surface area contributed by atoms with Crippen LogP contribution in [0.15, 0.2) is 53.7 Å². The van der Waals surface area contributed by atoms with Crippen LogP contribution in [0.4, 0.5) is 0 Å². The molecule has 2 heterocycles. The average Bonchev–Trinajstić information content (AvgIpc) is 3.11. The van der Waals surface area contributed by atoms with Crippen LogP contribution in [0.3, 0.4) is 0 Å². The molecule has 0 aliphatic carbocycles. The molecule has 122 valence electrons. The second-order valence-corrected chi connectivity index (χ2v) is 6.17. The van der Waals surface area contributed by atoms with E-state index in [-0.39, 0.29) is 0 Å². The largest absolute Gasteiger partial charge is 0.496 e. The normalized spacial score (nSPS) is 10.9. The molecule has 2 aromatic heterocycles. The highest BCUT2D eigenvalue weighted by Crippen LogP contribution is 2.30. The van der Waals surface area contributed by atoms with E-state index in [1.54, 1.807) is 11.6 Å². The van der Waals surface area contributed by atoms with Gasteiger partial charge in [-0.05, 0) is 24.3 Å². The summed E-state index contributed by atoms with van der Waals surface area (Å²) >= 11 is 1.34. The summed E-state index contributed by atoms with van der Waals surface area (Å²) in [7, 11) is 1.62. The van der Waals surface area contributed by atoms with Crippen molar-refractivity contribution in [3.05, 3.63) is 48.5 Å². The summed E-state index contributed by atoms with van der Waals surface area (Å²) in [5.74, 6) is 1.57. The first-order chi connectivity index (χ1) is 12.3. The number of benzene rings is 2. The SMILES string of the molecule is COc1ccccc1-c1nc2c3ccccc3nc(SCC#N)n2n1. The fraction of sp³-hybridized carbons (Fsp3) is 0.111. The van der Waals surface area contributed by atoms with Gasteiger partial charge in [0, 0.05) is 5.39 Å². The maximum absolute atomic E-state index is 8.90. The average molecular weight is 347 g/mol. The number of nitrogens with zero attached hydrogens (tertiary/aromatic N) is 5. The number of rotatable bonds is 4. The minimum absolute atomic E-state index is 0.296. The predicted molar refractivity (Wildman–Crippen MR) is 96.6 cm³/mol. The zero-order chi connectivity index (χ0) is 17.2. The fourth-order valence-electron chi connectivity index (χ4n) is 2.66. The van der Waals surface area contributed by atoms with E-state index in [1.807, 2.05) is 48.5 Å². The molecule has 0 saturated heterocycles. The molecule has 0 aliphatic heterocycles. The Morgan fingerprint density at radius 1 is 1.12 bits per heavy atom. The minimum Gasteiger partial charge on any atom is -0.496 e. The van der Waals surface area contributed by atoms with E-state index >= 15 is 0 Å². The van der Waals surface area contributed by atoms with Gasteiger partial charge in [-0.2, -0.15) is 9.78 Å². The molecule has 0 radical (unpaired) electrons. The van der Waals surface area contributed by atoms with Gasteiger partial charge in [-0.25, -0.2) is 9.97 Å². The second kappa shape index (κ2) is 6.42. The van der Waals surface area contributed by atoms with Crippen LogP contribution in [0, 0.1) is 11.3 Å². The van der Waals surface area contributed by atoms with E-state index < -0.39 is 0 Å². The quantitative estimate of drug-likeness (QED) is 0.415. The number of methoxy groups -OCH3 is 1. The number of thioether (sulfide) groups is 1. The topological polar surface area (TPSA) is 76.1 Å². The first-order valence-electron chi connectivity index (χ1n) is 7.60. The first kappa shape index (κ1) is 15.4. The first-order valence-corrected chi connectivity index (χ1v) is 8.59. The van der Waals surface area contributed by atoms with Gasteiger partial charge in [0.05, 0.1) is 30.0 Å². The number of aromatic nitrogens is 4. The molecule has 0 fully saturated rings. The predicted octanol–water partition coefficient (Wildman–Crippen LogP) is 3.57. The summed E-state index contributed by atoms with van der Waals surface area (Å²) in [5, 5.41) is 15.1. The van der Waals surface area contributed by atoms with E-state index in [0.717, 1.165) is 16.5 Å². The van der Waals surface area contributed by atoms with Gasteiger partial charge in [-0.1, -0.05) is 36.0 Å². The third-order valence-electron chi connectivity index (χ3n) is 3.76. The van der Waals surface area contributed by atoms with Gasteiger partial charge in [0.2, 0.25) is 0 Å². The Hall–Kier alpha value is -3.11. The van der Waals surface area contributed by atoms with E-state index in [2.05, 4.69) is 16.2 Å². The molecule has 0 unspecified atom stereocenters. The Morgan fingerprint density at radius 2 is 1.92 bits per heavy atom. The van der Waals surface area contributed by atoms with Crippen molar-refractivity contribution in [1.29, 1.82) is 5.26 Å². The molecule has 4 aromatic rings. The van der Waals surface area contributed by atoms with Gasteiger partial charge in [0.25, 0.3) is 0 Å². The highest BCUT2D eigenvalue weighted by atomic mass is 32.2. The number of para-hydroxylation sites is 2. The number of hydrogen-bond donors (Lipinski definition) is 0. The number of nitriles is 1. The smallest absolute Gasteiger partial charge is 0.192 e. The molecule has 2 aromatic carbocycles. The van der Waals surface area contributed by atoms with Crippen molar-refractivity contribution < 1.29 is 4.74 Å². The summed E-state index contributed by atoms with van der Waals surface area (Å²) in [6, 6.07) is 17.5. The van der Waals surface area contributed by atoms with Crippen LogP contribution in [0.5, 0.6) is 5.75 Å². The van der Waals surface area contributed by atoms with Gasteiger partial charge in [0.15, 0.2) is 16.6 Å². The maximum Gasteiger partial charge on any atom is 0.192 e. The molecule has 0 amide bonds. The minimum atomic E-state index is 0.296.